The normalized spacial score (nSPS) is 10.9. The SMILES string of the molecule is CC(C)c1nc(Br)cc(Sc2nc(N)cc(N)n2)n1. The van der Waals surface area contributed by atoms with Gasteiger partial charge in [-0.2, -0.15) is 0 Å². The minimum absolute atomic E-state index is 0.240. The molecule has 6 nitrogen and oxygen atoms in total. The van der Waals surface area contributed by atoms with Gasteiger partial charge in [-0.3, -0.25) is 0 Å². The average Bonchev–Trinajstić information content (AvgIpc) is 2.26. The van der Waals surface area contributed by atoms with Crippen molar-refractivity contribution < 1.29 is 0 Å². The van der Waals surface area contributed by atoms with E-state index >= 15 is 0 Å². The van der Waals surface area contributed by atoms with Gasteiger partial charge in [-0.05, 0) is 27.7 Å². The molecular formula is C11H13BrN6S. The standard InChI is InChI=1S/C11H13BrN6S/c1-5(2)10-15-6(12)3-9(18-10)19-11-16-7(13)4-8(14)17-11/h3-5H,1-2H3,(H4,13,14,16,17). The van der Waals surface area contributed by atoms with Crippen LogP contribution in [0.2, 0.25) is 0 Å². The van der Waals surface area contributed by atoms with Crippen LogP contribution in [0.15, 0.2) is 26.9 Å². The summed E-state index contributed by atoms with van der Waals surface area (Å²) in [6.07, 6.45) is 0. The average molecular weight is 341 g/mol. The lowest BCUT2D eigenvalue weighted by molar-refractivity contribution is 0.747. The Morgan fingerprint density at radius 2 is 1.68 bits per heavy atom. The molecule has 0 aliphatic carbocycles. The van der Waals surface area contributed by atoms with E-state index in [9.17, 15) is 0 Å². The fraction of sp³-hybridized carbons (Fsp3) is 0.273. The van der Waals surface area contributed by atoms with Crippen molar-refractivity contribution in [2.24, 2.45) is 0 Å². The lowest BCUT2D eigenvalue weighted by Gasteiger charge is -2.07. The maximum atomic E-state index is 5.63. The Hall–Kier alpha value is -1.41. The minimum atomic E-state index is 0.240. The lowest BCUT2D eigenvalue weighted by Crippen LogP contribution is -2.01. The predicted octanol–water partition coefficient (Wildman–Crippen LogP) is 2.47. The number of hydrogen-bond donors (Lipinski definition) is 2. The molecule has 0 aliphatic heterocycles. The van der Waals surface area contributed by atoms with E-state index in [1.54, 1.807) is 6.07 Å². The maximum absolute atomic E-state index is 5.63. The van der Waals surface area contributed by atoms with E-state index in [2.05, 4.69) is 35.9 Å². The first-order valence-corrected chi connectivity index (χ1v) is 7.17. The van der Waals surface area contributed by atoms with Gasteiger partial charge in [0, 0.05) is 18.1 Å². The highest BCUT2D eigenvalue weighted by atomic mass is 79.9. The number of hydrogen-bond acceptors (Lipinski definition) is 7. The van der Waals surface area contributed by atoms with E-state index < -0.39 is 0 Å². The highest BCUT2D eigenvalue weighted by Crippen LogP contribution is 2.27. The van der Waals surface area contributed by atoms with Gasteiger partial charge >= 0.3 is 0 Å². The van der Waals surface area contributed by atoms with Crippen LogP contribution in [-0.4, -0.2) is 19.9 Å². The van der Waals surface area contributed by atoms with Crippen LogP contribution in [0.3, 0.4) is 0 Å². The first-order valence-electron chi connectivity index (χ1n) is 5.56. The van der Waals surface area contributed by atoms with E-state index in [0.717, 1.165) is 15.5 Å². The Kier molecular flexibility index (Phi) is 4.20. The molecule has 19 heavy (non-hydrogen) atoms. The summed E-state index contributed by atoms with van der Waals surface area (Å²) in [4.78, 5) is 17.0. The number of nitrogen functional groups attached to an aromatic ring is 2. The maximum Gasteiger partial charge on any atom is 0.197 e. The molecule has 0 unspecified atom stereocenters. The summed E-state index contributed by atoms with van der Waals surface area (Å²) >= 11 is 4.67. The van der Waals surface area contributed by atoms with E-state index in [-0.39, 0.29) is 5.92 Å². The molecule has 0 fully saturated rings. The summed E-state index contributed by atoms with van der Waals surface area (Å²) in [5.74, 6) is 1.68. The van der Waals surface area contributed by atoms with Crippen molar-refractivity contribution in [2.45, 2.75) is 29.9 Å². The first kappa shape index (κ1) is 14.0. The second-order valence-corrected chi connectivity index (χ2v) is 5.94. The van der Waals surface area contributed by atoms with Crippen LogP contribution in [-0.2, 0) is 0 Å². The van der Waals surface area contributed by atoms with Crippen LogP contribution in [0.25, 0.3) is 0 Å². The monoisotopic (exact) mass is 340 g/mol. The van der Waals surface area contributed by atoms with Gasteiger partial charge in [0.2, 0.25) is 0 Å². The second-order valence-electron chi connectivity index (χ2n) is 4.14. The van der Waals surface area contributed by atoms with Gasteiger partial charge in [0.15, 0.2) is 5.16 Å². The fourth-order valence-corrected chi connectivity index (χ4v) is 2.67. The van der Waals surface area contributed by atoms with Crippen LogP contribution in [0.1, 0.15) is 25.6 Å². The molecule has 0 spiro atoms. The third-order valence-corrected chi connectivity index (χ3v) is 3.34. The van der Waals surface area contributed by atoms with Crippen molar-refractivity contribution in [3.05, 3.63) is 22.6 Å². The van der Waals surface area contributed by atoms with Gasteiger partial charge < -0.3 is 11.5 Å². The van der Waals surface area contributed by atoms with Gasteiger partial charge in [0.1, 0.15) is 27.1 Å². The Morgan fingerprint density at radius 3 is 2.26 bits per heavy atom. The molecule has 8 heteroatoms. The molecule has 2 rings (SSSR count). The molecule has 0 amide bonds. The Labute approximate surface area is 123 Å². The van der Waals surface area contributed by atoms with Crippen molar-refractivity contribution in [3.63, 3.8) is 0 Å². The highest BCUT2D eigenvalue weighted by Gasteiger charge is 2.10. The number of nitrogens with zero attached hydrogens (tertiary/aromatic N) is 4. The number of anilines is 2. The van der Waals surface area contributed by atoms with Gasteiger partial charge in [-0.1, -0.05) is 13.8 Å². The molecule has 0 saturated heterocycles. The number of nitrogens with two attached hydrogens (primary N) is 2. The summed E-state index contributed by atoms with van der Waals surface area (Å²) in [6.45, 7) is 4.07. The van der Waals surface area contributed by atoms with Crippen molar-refractivity contribution in [3.8, 4) is 0 Å². The molecule has 0 atom stereocenters. The van der Waals surface area contributed by atoms with Crippen LogP contribution in [0.4, 0.5) is 11.6 Å². The number of halogens is 1. The van der Waals surface area contributed by atoms with Crippen LogP contribution in [0, 0.1) is 0 Å². The number of rotatable bonds is 3. The van der Waals surface area contributed by atoms with Gasteiger partial charge in [0.25, 0.3) is 0 Å². The quantitative estimate of drug-likeness (QED) is 0.653. The molecule has 100 valence electrons. The van der Waals surface area contributed by atoms with Crippen LogP contribution in [0.5, 0.6) is 0 Å². The van der Waals surface area contributed by atoms with Crippen LogP contribution >= 0.6 is 27.7 Å². The Balaban J connectivity index is 2.32. The molecule has 0 saturated carbocycles. The topological polar surface area (TPSA) is 104 Å². The molecule has 0 aromatic carbocycles. The zero-order valence-electron chi connectivity index (χ0n) is 10.5. The summed E-state index contributed by atoms with van der Waals surface area (Å²) in [7, 11) is 0. The third-order valence-electron chi connectivity index (χ3n) is 2.15. The van der Waals surface area contributed by atoms with E-state index in [0.29, 0.717) is 16.8 Å². The van der Waals surface area contributed by atoms with Crippen molar-refractivity contribution in [1.29, 1.82) is 0 Å². The number of aromatic nitrogens is 4. The summed E-state index contributed by atoms with van der Waals surface area (Å²) in [5.41, 5.74) is 11.3. The molecule has 0 radical (unpaired) electrons. The largest absolute Gasteiger partial charge is 0.383 e. The summed E-state index contributed by atoms with van der Waals surface area (Å²) in [5, 5.41) is 1.22. The summed E-state index contributed by atoms with van der Waals surface area (Å²) < 4.78 is 0.727. The van der Waals surface area contributed by atoms with E-state index in [1.165, 1.54) is 17.8 Å². The van der Waals surface area contributed by atoms with E-state index in [1.807, 2.05) is 13.8 Å². The highest BCUT2D eigenvalue weighted by molar-refractivity contribution is 9.10. The van der Waals surface area contributed by atoms with Crippen molar-refractivity contribution >= 4 is 39.3 Å². The Morgan fingerprint density at radius 1 is 1.05 bits per heavy atom. The Bertz CT molecular complexity index is 583. The molecular weight excluding hydrogens is 328 g/mol. The smallest absolute Gasteiger partial charge is 0.197 e. The molecule has 4 N–H and O–H groups in total. The zero-order valence-corrected chi connectivity index (χ0v) is 12.9. The lowest BCUT2D eigenvalue weighted by atomic mass is 10.2. The van der Waals surface area contributed by atoms with Crippen LogP contribution < -0.4 is 11.5 Å². The zero-order chi connectivity index (χ0) is 14.0. The molecule has 2 aromatic rings. The van der Waals surface area contributed by atoms with Crippen molar-refractivity contribution in [1.82, 2.24) is 19.9 Å². The summed E-state index contributed by atoms with van der Waals surface area (Å²) in [6, 6.07) is 3.32. The second kappa shape index (κ2) is 5.70. The molecule has 0 aliphatic rings. The first-order chi connectivity index (χ1) is 8.94. The predicted molar refractivity (Wildman–Crippen MR) is 78.8 cm³/mol. The van der Waals surface area contributed by atoms with E-state index in [4.69, 9.17) is 11.5 Å². The van der Waals surface area contributed by atoms with Crippen molar-refractivity contribution in [2.75, 3.05) is 11.5 Å². The van der Waals surface area contributed by atoms with Gasteiger partial charge in [0.05, 0.1) is 0 Å². The molecule has 0 bridgehead atoms. The minimum Gasteiger partial charge on any atom is -0.383 e. The molecule has 2 heterocycles. The van der Waals surface area contributed by atoms with Gasteiger partial charge in [-0.25, -0.2) is 19.9 Å². The fourth-order valence-electron chi connectivity index (χ4n) is 1.33. The third kappa shape index (κ3) is 3.77. The molecule has 2 aromatic heterocycles. The van der Waals surface area contributed by atoms with Gasteiger partial charge in [-0.15, -0.1) is 0 Å².